The average molecular weight is 424 g/mol. The van der Waals surface area contributed by atoms with Crippen LogP contribution in [-0.4, -0.2) is 12.5 Å². The van der Waals surface area contributed by atoms with Crippen molar-refractivity contribution in [1.82, 2.24) is 0 Å². The molecule has 0 saturated carbocycles. The van der Waals surface area contributed by atoms with Crippen LogP contribution in [0.25, 0.3) is 11.1 Å². The molecule has 0 aliphatic carbocycles. The molecule has 4 heteroatoms. The van der Waals surface area contributed by atoms with E-state index in [0.29, 0.717) is 5.75 Å². The van der Waals surface area contributed by atoms with Gasteiger partial charge in [-0.3, -0.25) is 4.79 Å². The number of aryl methyl sites for hydroxylation is 3. The van der Waals surface area contributed by atoms with E-state index in [1.165, 1.54) is 5.56 Å². The maximum absolute atomic E-state index is 12.3. The molecule has 0 spiro atoms. The Morgan fingerprint density at radius 3 is 2.22 bits per heavy atom. The molecule has 0 heterocycles. The Bertz CT molecular complexity index is 944. The Labute approximate surface area is 168 Å². The Kier molecular flexibility index (Phi) is 5.97. The van der Waals surface area contributed by atoms with Gasteiger partial charge in [0, 0.05) is 5.69 Å². The molecule has 0 aromatic heterocycles. The van der Waals surface area contributed by atoms with E-state index in [9.17, 15) is 4.79 Å². The van der Waals surface area contributed by atoms with Gasteiger partial charge in [-0.15, -0.1) is 0 Å². The molecule has 1 N–H and O–H groups in total. The van der Waals surface area contributed by atoms with Crippen molar-refractivity contribution in [2.24, 2.45) is 0 Å². The Hall–Kier alpha value is -2.59. The van der Waals surface area contributed by atoms with Crippen molar-refractivity contribution in [3.05, 3.63) is 81.8 Å². The number of carbonyl (C=O) groups excluding carboxylic acids is 1. The van der Waals surface area contributed by atoms with Gasteiger partial charge < -0.3 is 10.1 Å². The zero-order chi connectivity index (χ0) is 19.4. The van der Waals surface area contributed by atoms with E-state index in [1.54, 1.807) is 0 Å². The van der Waals surface area contributed by atoms with Crippen molar-refractivity contribution in [3.63, 3.8) is 0 Å². The molecule has 0 fully saturated rings. The van der Waals surface area contributed by atoms with Gasteiger partial charge >= 0.3 is 0 Å². The quantitative estimate of drug-likeness (QED) is 0.541. The van der Waals surface area contributed by atoms with Gasteiger partial charge in [0.2, 0.25) is 0 Å². The van der Waals surface area contributed by atoms with Crippen LogP contribution < -0.4 is 10.1 Å². The SMILES string of the molecule is Cc1cc(C)c(NC(=O)COc2ccc(-c3ccccc3)cc2Br)c(C)c1. The summed E-state index contributed by atoms with van der Waals surface area (Å²) in [5.74, 6) is 0.464. The summed E-state index contributed by atoms with van der Waals surface area (Å²) in [6.07, 6.45) is 0. The van der Waals surface area contributed by atoms with E-state index in [1.807, 2.05) is 57.2 Å². The molecule has 0 aliphatic rings. The monoisotopic (exact) mass is 423 g/mol. The van der Waals surface area contributed by atoms with Crippen LogP contribution in [0.2, 0.25) is 0 Å². The van der Waals surface area contributed by atoms with Gasteiger partial charge in [0.1, 0.15) is 5.75 Å². The van der Waals surface area contributed by atoms with Gasteiger partial charge in [-0.1, -0.05) is 54.1 Å². The molecular formula is C23H22BrNO2. The third kappa shape index (κ3) is 4.77. The smallest absolute Gasteiger partial charge is 0.262 e. The number of nitrogens with one attached hydrogen (secondary N) is 1. The zero-order valence-electron chi connectivity index (χ0n) is 15.7. The van der Waals surface area contributed by atoms with Crippen LogP contribution in [0, 0.1) is 20.8 Å². The van der Waals surface area contributed by atoms with Gasteiger partial charge in [0.25, 0.3) is 5.91 Å². The summed E-state index contributed by atoms with van der Waals surface area (Å²) in [6, 6.07) is 20.1. The van der Waals surface area contributed by atoms with Gasteiger partial charge in [-0.05, 0) is 71.1 Å². The first-order valence-electron chi connectivity index (χ1n) is 8.79. The minimum atomic E-state index is -0.177. The standard InChI is InChI=1S/C23H22BrNO2/c1-15-11-16(2)23(17(3)12-15)25-22(26)14-27-21-10-9-19(13-20(21)24)18-7-5-4-6-8-18/h4-13H,14H2,1-3H3,(H,25,26). The van der Waals surface area contributed by atoms with Gasteiger partial charge in [-0.25, -0.2) is 0 Å². The number of benzene rings is 3. The number of anilines is 1. The van der Waals surface area contributed by atoms with Crippen LogP contribution in [0.3, 0.4) is 0 Å². The molecule has 1 amide bonds. The summed E-state index contributed by atoms with van der Waals surface area (Å²) in [5, 5.41) is 2.95. The molecule has 0 bridgehead atoms. The molecule has 3 nitrogen and oxygen atoms in total. The molecule has 27 heavy (non-hydrogen) atoms. The highest BCUT2D eigenvalue weighted by molar-refractivity contribution is 9.10. The maximum atomic E-state index is 12.3. The Morgan fingerprint density at radius 1 is 0.926 bits per heavy atom. The van der Waals surface area contributed by atoms with Gasteiger partial charge in [-0.2, -0.15) is 0 Å². The van der Waals surface area contributed by atoms with E-state index in [0.717, 1.165) is 32.4 Å². The number of carbonyl (C=O) groups is 1. The second-order valence-electron chi connectivity index (χ2n) is 6.62. The number of rotatable bonds is 5. The van der Waals surface area contributed by atoms with Crippen LogP contribution in [0.4, 0.5) is 5.69 Å². The molecular weight excluding hydrogens is 402 g/mol. The number of amides is 1. The summed E-state index contributed by atoms with van der Waals surface area (Å²) >= 11 is 3.54. The van der Waals surface area contributed by atoms with Crippen molar-refractivity contribution in [3.8, 4) is 16.9 Å². The molecule has 3 rings (SSSR count). The van der Waals surface area contributed by atoms with Gasteiger partial charge in [0.05, 0.1) is 4.47 Å². The summed E-state index contributed by atoms with van der Waals surface area (Å²) in [6.45, 7) is 5.99. The van der Waals surface area contributed by atoms with E-state index in [4.69, 9.17) is 4.74 Å². The Balaban J connectivity index is 1.66. The number of hydrogen-bond acceptors (Lipinski definition) is 2. The highest BCUT2D eigenvalue weighted by Gasteiger charge is 2.11. The third-order valence-corrected chi connectivity index (χ3v) is 4.96. The lowest BCUT2D eigenvalue weighted by Crippen LogP contribution is -2.21. The molecule has 0 atom stereocenters. The van der Waals surface area contributed by atoms with Crippen molar-refractivity contribution in [1.29, 1.82) is 0 Å². The van der Waals surface area contributed by atoms with Crippen LogP contribution in [0.15, 0.2) is 65.1 Å². The molecule has 0 radical (unpaired) electrons. The molecule has 0 saturated heterocycles. The number of halogens is 1. The summed E-state index contributed by atoms with van der Waals surface area (Å²) in [7, 11) is 0. The highest BCUT2D eigenvalue weighted by atomic mass is 79.9. The summed E-state index contributed by atoms with van der Waals surface area (Å²) in [4.78, 5) is 12.3. The first-order valence-corrected chi connectivity index (χ1v) is 9.59. The minimum Gasteiger partial charge on any atom is -0.483 e. The first kappa shape index (κ1) is 19.2. The van der Waals surface area contributed by atoms with Crippen LogP contribution in [0.1, 0.15) is 16.7 Å². The second kappa shape index (κ2) is 8.40. The topological polar surface area (TPSA) is 38.3 Å². The fourth-order valence-electron chi connectivity index (χ4n) is 3.12. The lowest BCUT2D eigenvalue weighted by atomic mass is 10.1. The van der Waals surface area contributed by atoms with E-state index >= 15 is 0 Å². The van der Waals surface area contributed by atoms with Crippen LogP contribution >= 0.6 is 15.9 Å². The number of ether oxygens (including phenoxy) is 1. The fourth-order valence-corrected chi connectivity index (χ4v) is 3.62. The fraction of sp³-hybridized carbons (Fsp3) is 0.174. The van der Waals surface area contributed by atoms with Crippen molar-refractivity contribution >= 4 is 27.5 Å². The van der Waals surface area contributed by atoms with E-state index < -0.39 is 0 Å². The van der Waals surface area contributed by atoms with Crippen molar-refractivity contribution in [2.45, 2.75) is 20.8 Å². The molecule has 138 valence electrons. The number of hydrogen-bond donors (Lipinski definition) is 1. The second-order valence-corrected chi connectivity index (χ2v) is 7.48. The average Bonchev–Trinajstić information content (AvgIpc) is 2.64. The summed E-state index contributed by atoms with van der Waals surface area (Å²) < 4.78 is 6.53. The maximum Gasteiger partial charge on any atom is 0.262 e. The zero-order valence-corrected chi connectivity index (χ0v) is 17.3. The minimum absolute atomic E-state index is 0.0456. The lowest BCUT2D eigenvalue weighted by Gasteiger charge is -2.14. The molecule has 0 unspecified atom stereocenters. The molecule has 3 aromatic rings. The van der Waals surface area contributed by atoms with E-state index in [-0.39, 0.29) is 12.5 Å². The van der Waals surface area contributed by atoms with Crippen molar-refractivity contribution in [2.75, 3.05) is 11.9 Å². The first-order chi connectivity index (χ1) is 12.9. The molecule has 3 aromatic carbocycles. The summed E-state index contributed by atoms with van der Waals surface area (Å²) in [5.41, 5.74) is 6.36. The normalized spacial score (nSPS) is 10.5. The molecule has 0 aliphatic heterocycles. The van der Waals surface area contributed by atoms with Gasteiger partial charge in [0.15, 0.2) is 6.61 Å². The Morgan fingerprint density at radius 2 is 1.59 bits per heavy atom. The van der Waals surface area contributed by atoms with Crippen molar-refractivity contribution < 1.29 is 9.53 Å². The van der Waals surface area contributed by atoms with E-state index in [2.05, 4.69) is 45.5 Å². The highest BCUT2D eigenvalue weighted by Crippen LogP contribution is 2.30. The predicted octanol–water partition coefficient (Wildman–Crippen LogP) is 6.06. The predicted molar refractivity (Wildman–Crippen MR) is 114 cm³/mol. The largest absolute Gasteiger partial charge is 0.483 e. The lowest BCUT2D eigenvalue weighted by molar-refractivity contribution is -0.118. The van der Waals surface area contributed by atoms with Crippen LogP contribution in [-0.2, 0) is 4.79 Å². The third-order valence-electron chi connectivity index (χ3n) is 4.34. The van der Waals surface area contributed by atoms with Crippen LogP contribution in [0.5, 0.6) is 5.75 Å².